The molecule has 2 aromatic rings. The first-order valence-electron chi connectivity index (χ1n) is 5.78. The van der Waals surface area contributed by atoms with E-state index in [0.29, 0.717) is 11.3 Å². The zero-order valence-corrected chi connectivity index (χ0v) is 10.6. The second-order valence-electron chi connectivity index (χ2n) is 4.48. The number of hydrogen-bond acceptors (Lipinski definition) is 3. The fraction of sp³-hybridized carbons (Fsp3) is 0.286. The van der Waals surface area contributed by atoms with Gasteiger partial charge < -0.3 is 9.72 Å². The van der Waals surface area contributed by atoms with Gasteiger partial charge in [-0.15, -0.1) is 0 Å². The van der Waals surface area contributed by atoms with Gasteiger partial charge in [0.05, 0.1) is 7.11 Å². The van der Waals surface area contributed by atoms with Gasteiger partial charge in [-0.1, -0.05) is 19.9 Å². The summed E-state index contributed by atoms with van der Waals surface area (Å²) in [6.07, 6.45) is 1.39. The second kappa shape index (κ2) is 4.64. The Hall–Kier alpha value is -2.10. The maximum absolute atomic E-state index is 12.2. The summed E-state index contributed by atoms with van der Waals surface area (Å²) in [5.41, 5.74) is 1.52. The van der Waals surface area contributed by atoms with Crippen molar-refractivity contribution in [3.63, 3.8) is 0 Å². The van der Waals surface area contributed by atoms with E-state index < -0.39 is 5.97 Å². The van der Waals surface area contributed by atoms with Crippen LogP contribution in [-0.2, 0) is 4.74 Å². The Morgan fingerprint density at radius 3 is 2.67 bits per heavy atom. The van der Waals surface area contributed by atoms with Crippen molar-refractivity contribution in [2.24, 2.45) is 0 Å². The topological polar surface area (TPSA) is 59.2 Å². The van der Waals surface area contributed by atoms with Crippen LogP contribution in [0.4, 0.5) is 0 Å². The lowest BCUT2D eigenvalue weighted by Gasteiger charge is -2.07. The van der Waals surface area contributed by atoms with Crippen LogP contribution >= 0.6 is 0 Å². The van der Waals surface area contributed by atoms with Crippen LogP contribution in [0.3, 0.4) is 0 Å². The number of H-pyrrole nitrogens is 1. The predicted molar refractivity (Wildman–Crippen MR) is 70.0 cm³/mol. The first-order valence-corrected chi connectivity index (χ1v) is 5.78. The molecule has 2 rings (SSSR count). The van der Waals surface area contributed by atoms with E-state index in [1.54, 1.807) is 0 Å². The Kier molecular flexibility index (Phi) is 3.19. The van der Waals surface area contributed by atoms with Gasteiger partial charge in [-0.25, -0.2) is 4.79 Å². The highest BCUT2D eigenvalue weighted by molar-refractivity contribution is 5.93. The van der Waals surface area contributed by atoms with Crippen LogP contribution in [0.5, 0.6) is 0 Å². The predicted octanol–water partition coefficient (Wildman–Crippen LogP) is 2.44. The van der Waals surface area contributed by atoms with Crippen LogP contribution in [-0.4, -0.2) is 18.1 Å². The minimum atomic E-state index is -0.617. The fourth-order valence-corrected chi connectivity index (χ4v) is 1.86. The lowest BCUT2D eigenvalue weighted by Crippen LogP contribution is -2.17. The van der Waals surface area contributed by atoms with Crippen molar-refractivity contribution in [3.05, 3.63) is 45.7 Å². The third kappa shape index (κ3) is 2.01. The SMILES string of the molecule is COC(=O)c1c[nH]c2ccc(C(C)C)cc2c1=O. The molecule has 0 aliphatic rings. The summed E-state index contributed by atoms with van der Waals surface area (Å²) in [5, 5.41) is 0.518. The van der Waals surface area contributed by atoms with E-state index in [9.17, 15) is 9.59 Å². The minimum Gasteiger partial charge on any atom is -0.465 e. The summed E-state index contributed by atoms with van der Waals surface area (Å²) >= 11 is 0. The highest BCUT2D eigenvalue weighted by Gasteiger charge is 2.13. The number of ether oxygens (including phenoxy) is 1. The molecular weight excluding hydrogens is 230 g/mol. The van der Waals surface area contributed by atoms with Gasteiger partial charge in [-0.05, 0) is 23.6 Å². The number of aromatic amines is 1. The van der Waals surface area contributed by atoms with Gasteiger partial charge in [0, 0.05) is 17.1 Å². The zero-order chi connectivity index (χ0) is 13.3. The molecule has 94 valence electrons. The molecule has 1 aromatic heterocycles. The number of rotatable bonds is 2. The number of methoxy groups -OCH3 is 1. The lowest BCUT2D eigenvalue weighted by molar-refractivity contribution is 0.0599. The Bertz CT molecular complexity index is 656. The average molecular weight is 245 g/mol. The van der Waals surface area contributed by atoms with E-state index in [-0.39, 0.29) is 11.0 Å². The zero-order valence-electron chi connectivity index (χ0n) is 10.6. The van der Waals surface area contributed by atoms with Crippen molar-refractivity contribution in [1.29, 1.82) is 0 Å². The van der Waals surface area contributed by atoms with Gasteiger partial charge in [0.2, 0.25) is 5.43 Å². The van der Waals surface area contributed by atoms with Crippen molar-refractivity contribution in [2.45, 2.75) is 19.8 Å². The van der Waals surface area contributed by atoms with Gasteiger partial charge in [-0.2, -0.15) is 0 Å². The number of aromatic nitrogens is 1. The normalized spacial score (nSPS) is 10.9. The average Bonchev–Trinajstić information content (AvgIpc) is 2.38. The highest BCUT2D eigenvalue weighted by atomic mass is 16.5. The second-order valence-corrected chi connectivity index (χ2v) is 4.48. The summed E-state index contributed by atoms with van der Waals surface area (Å²) in [5.74, 6) is -0.288. The largest absolute Gasteiger partial charge is 0.465 e. The Morgan fingerprint density at radius 1 is 1.33 bits per heavy atom. The quantitative estimate of drug-likeness (QED) is 0.827. The number of benzene rings is 1. The third-order valence-electron chi connectivity index (χ3n) is 2.98. The van der Waals surface area contributed by atoms with Crippen molar-refractivity contribution < 1.29 is 9.53 Å². The summed E-state index contributed by atoms with van der Waals surface area (Å²) < 4.78 is 4.58. The molecule has 0 aliphatic carbocycles. The number of hydrogen-bond donors (Lipinski definition) is 1. The number of carbonyl (C=O) groups excluding carboxylic acids is 1. The molecule has 0 saturated heterocycles. The van der Waals surface area contributed by atoms with E-state index in [0.717, 1.165) is 11.1 Å². The summed E-state index contributed by atoms with van der Waals surface area (Å²) in [7, 11) is 1.26. The van der Waals surface area contributed by atoms with E-state index in [2.05, 4.69) is 23.6 Å². The van der Waals surface area contributed by atoms with Crippen LogP contribution in [0.15, 0.2) is 29.2 Å². The summed E-state index contributed by atoms with van der Waals surface area (Å²) in [6.45, 7) is 4.11. The molecule has 0 atom stereocenters. The first-order chi connectivity index (χ1) is 8.54. The summed E-state index contributed by atoms with van der Waals surface area (Å²) in [4.78, 5) is 26.6. The molecular formula is C14H15NO3. The smallest absolute Gasteiger partial charge is 0.343 e. The van der Waals surface area contributed by atoms with Crippen molar-refractivity contribution >= 4 is 16.9 Å². The summed E-state index contributed by atoms with van der Waals surface area (Å²) in [6, 6.07) is 5.65. The van der Waals surface area contributed by atoms with Crippen LogP contribution in [0.1, 0.15) is 35.7 Å². The number of carbonyl (C=O) groups is 1. The molecule has 1 N–H and O–H groups in total. The molecule has 0 bridgehead atoms. The Balaban J connectivity index is 2.72. The molecule has 0 radical (unpaired) electrons. The maximum atomic E-state index is 12.2. The molecule has 0 fully saturated rings. The highest BCUT2D eigenvalue weighted by Crippen LogP contribution is 2.18. The molecule has 1 aromatic carbocycles. The Morgan fingerprint density at radius 2 is 2.06 bits per heavy atom. The van der Waals surface area contributed by atoms with Crippen molar-refractivity contribution in [1.82, 2.24) is 4.98 Å². The van der Waals surface area contributed by atoms with Crippen molar-refractivity contribution in [3.8, 4) is 0 Å². The maximum Gasteiger partial charge on any atom is 0.343 e. The van der Waals surface area contributed by atoms with E-state index in [4.69, 9.17) is 0 Å². The number of pyridine rings is 1. The van der Waals surface area contributed by atoms with Gasteiger partial charge in [0.15, 0.2) is 0 Å². The molecule has 0 amide bonds. The van der Waals surface area contributed by atoms with Crippen LogP contribution in [0, 0.1) is 0 Å². The fourth-order valence-electron chi connectivity index (χ4n) is 1.86. The van der Waals surface area contributed by atoms with Crippen molar-refractivity contribution in [2.75, 3.05) is 7.11 Å². The number of nitrogens with one attached hydrogen (secondary N) is 1. The first kappa shape index (κ1) is 12.4. The molecule has 1 heterocycles. The molecule has 0 unspecified atom stereocenters. The van der Waals surface area contributed by atoms with Crippen LogP contribution in [0.2, 0.25) is 0 Å². The lowest BCUT2D eigenvalue weighted by atomic mass is 10.0. The number of fused-ring (bicyclic) bond motifs is 1. The van der Waals surface area contributed by atoms with Gasteiger partial charge in [0.25, 0.3) is 0 Å². The monoisotopic (exact) mass is 245 g/mol. The van der Waals surface area contributed by atoms with Gasteiger partial charge in [0.1, 0.15) is 5.56 Å². The van der Waals surface area contributed by atoms with E-state index in [1.807, 2.05) is 18.2 Å². The Labute approximate surface area is 105 Å². The minimum absolute atomic E-state index is 0.0332. The number of esters is 1. The molecule has 18 heavy (non-hydrogen) atoms. The standard InChI is InChI=1S/C14H15NO3/c1-8(2)9-4-5-12-10(6-9)13(16)11(7-15-12)14(17)18-3/h4-8H,1-3H3,(H,15,16). The van der Waals surface area contributed by atoms with Crippen LogP contribution in [0.25, 0.3) is 10.9 Å². The molecule has 0 saturated carbocycles. The van der Waals surface area contributed by atoms with E-state index in [1.165, 1.54) is 13.3 Å². The van der Waals surface area contributed by atoms with Crippen LogP contribution < -0.4 is 5.43 Å². The van der Waals surface area contributed by atoms with Gasteiger partial charge in [-0.3, -0.25) is 4.79 Å². The molecule has 0 spiro atoms. The molecule has 4 nitrogen and oxygen atoms in total. The molecule has 4 heteroatoms. The van der Waals surface area contributed by atoms with E-state index >= 15 is 0 Å². The molecule has 0 aliphatic heterocycles. The third-order valence-corrected chi connectivity index (χ3v) is 2.98. The van der Waals surface area contributed by atoms with Gasteiger partial charge >= 0.3 is 5.97 Å².